The summed E-state index contributed by atoms with van der Waals surface area (Å²) in [7, 11) is 0. The van der Waals surface area contributed by atoms with Crippen molar-refractivity contribution in [3.8, 4) is 11.1 Å². The van der Waals surface area contributed by atoms with Crippen LogP contribution in [-0.4, -0.2) is 9.97 Å². The predicted molar refractivity (Wildman–Crippen MR) is 111 cm³/mol. The van der Waals surface area contributed by atoms with Gasteiger partial charge in [-0.25, -0.2) is 4.98 Å². The molecule has 0 N–H and O–H groups in total. The molecule has 0 spiro atoms. The van der Waals surface area contributed by atoms with Crippen molar-refractivity contribution in [1.82, 2.24) is 9.97 Å². The zero-order chi connectivity index (χ0) is 18.2. The van der Waals surface area contributed by atoms with Crippen LogP contribution in [0, 0.1) is 0 Å². The van der Waals surface area contributed by atoms with Crippen molar-refractivity contribution in [3.05, 3.63) is 101 Å². The first kappa shape index (κ1) is 14.6. The van der Waals surface area contributed by atoms with E-state index in [-0.39, 0.29) is 0 Å². The average molecular weight is 359 g/mol. The number of rotatable bonds is 0. The largest absolute Gasteiger partial charge is 0.292 e. The van der Waals surface area contributed by atoms with Crippen molar-refractivity contribution >= 4 is 17.2 Å². The standard InChI is InChI=1S/C25H17N3/c1-2-7-19-15(5-1)11-17-12-18-14-21-22(8-4-9-26-21)28-24(18)20(23(17)19)13-16-6-3-10-27-25(16)28/h1-10,12H,11,13-14H2. The highest BCUT2D eigenvalue weighted by atomic mass is 15.2. The summed E-state index contributed by atoms with van der Waals surface area (Å²) in [5.74, 6) is 1.05. The summed E-state index contributed by atoms with van der Waals surface area (Å²) in [6, 6.07) is 19.8. The maximum atomic E-state index is 4.78. The molecule has 0 saturated heterocycles. The minimum absolute atomic E-state index is 0.890. The normalized spacial score (nSPS) is 14.6. The molecule has 0 amide bonds. The van der Waals surface area contributed by atoms with Gasteiger partial charge in [-0.2, -0.15) is 0 Å². The van der Waals surface area contributed by atoms with Crippen LogP contribution in [0.1, 0.15) is 33.5 Å². The number of hydrogen-bond donors (Lipinski definition) is 0. The van der Waals surface area contributed by atoms with Gasteiger partial charge in [0.25, 0.3) is 0 Å². The van der Waals surface area contributed by atoms with Gasteiger partial charge in [0.1, 0.15) is 5.82 Å². The minimum Gasteiger partial charge on any atom is -0.292 e. The van der Waals surface area contributed by atoms with Gasteiger partial charge in [-0.15, -0.1) is 0 Å². The van der Waals surface area contributed by atoms with E-state index in [0.29, 0.717) is 0 Å². The van der Waals surface area contributed by atoms with E-state index < -0.39 is 0 Å². The van der Waals surface area contributed by atoms with Gasteiger partial charge in [0.15, 0.2) is 0 Å². The van der Waals surface area contributed by atoms with Gasteiger partial charge in [0.2, 0.25) is 0 Å². The van der Waals surface area contributed by atoms with E-state index in [1.54, 1.807) is 0 Å². The number of anilines is 3. The van der Waals surface area contributed by atoms with E-state index >= 15 is 0 Å². The van der Waals surface area contributed by atoms with E-state index in [9.17, 15) is 0 Å². The molecule has 0 bridgehead atoms. The third-order valence-corrected chi connectivity index (χ3v) is 6.36. The van der Waals surface area contributed by atoms with Crippen LogP contribution in [0.25, 0.3) is 11.1 Å². The molecular weight excluding hydrogens is 342 g/mol. The quantitative estimate of drug-likeness (QED) is 0.367. The third kappa shape index (κ3) is 1.74. The Labute approximate surface area is 163 Å². The molecule has 28 heavy (non-hydrogen) atoms. The van der Waals surface area contributed by atoms with Crippen molar-refractivity contribution in [3.63, 3.8) is 0 Å². The second-order valence-corrected chi connectivity index (χ2v) is 7.88. The second-order valence-electron chi connectivity index (χ2n) is 7.88. The molecule has 2 aromatic carbocycles. The second kappa shape index (κ2) is 5.08. The summed E-state index contributed by atoms with van der Waals surface area (Å²) in [4.78, 5) is 11.8. The highest BCUT2D eigenvalue weighted by Gasteiger charge is 2.36. The van der Waals surface area contributed by atoms with Crippen LogP contribution >= 0.6 is 0 Å². The van der Waals surface area contributed by atoms with Crippen molar-refractivity contribution in [2.45, 2.75) is 19.3 Å². The summed E-state index contributed by atoms with van der Waals surface area (Å²) < 4.78 is 0. The van der Waals surface area contributed by atoms with E-state index in [2.05, 4.69) is 53.4 Å². The molecule has 0 saturated carbocycles. The molecule has 4 aromatic rings. The number of pyridine rings is 2. The highest BCUT2D eigenvalue weighted by Crippen LogP contribution is 2.54. The van der Waals surface area contributed by atoms with Gasteiger partial charge in [0, 0.05) is 25.2 Å². The molecule has 0 unspecified atom stereocenters. The summed E-state index contributed by atoms with van der Waals surface area (Å²) in [6.45, 7) is 0. The lowest BCUT2D eigenvalue weighted by Gasteiger charge is -2.39. The molecule has 0 radical (unpaired) electrons. The van der Waals surface area contributed by atoms with Gasteiger partial charge in [-0.3, -0.25) is 9.88 Å². The number of hydrogen-bond acceptors (Lipinski definition) is 3. The number of benzene rings is 2. The Morgan fingerprint density at radius 2 is 1.57 bits per heavy atom. The summed E-state index contributed by atoms with van der Waals surface area (Å²) in [5.41, 5.74) is 13.5. The molecule has 0 atom stereocenters. The van der Waals surface area contributed by atoms with Gasteiger partial charge in [-0.1, -0.05) is 36.4 Å². The molecule has 7 rings (SSSR count). The molecule has 1 aliphatic carbocycles. The number of aromatic nitrogens is 2. The molecule has 2 aromatic heterocycles. The predicted octanol–water partition coefficient (Wildman–Crippen LogP) is 5.33. The zero-order valence-electron chi connectivity index (χ0n) is 15.3. The molecule has 2 aliphatic heterocycles. The number of nitrogens with zero attached hydrogens (tertiary/aromatic N) is 3. The molecule has 132 valence electrons. The van der Waals surface area contributed by atoms with E-state index in [1.165, 1.54) is 50.3 Å². The van der Waals surface area contributed by atoms with Crippen LogP contribution in [0.3, 0.4) is 0 Å². The molecule has 4 heterocycles. The van der Waals surface area contributed by atoms with Gasteiger partial charge < -0.3 is 0 Å². The Bertz CT molecular complexity index is 1290. The van der Waals surface area contributed by atoms with Gasteiger partial charge in [-0.05, 0) is 63.6 Å². The summed E-state index contributed by atoms with van der Waals surface area (Å²) >= 11 is 0. The Balaban J connectivity index is 1.60. The van der Waals surface area contributed by atoms with Crippen molar-refractivity contribution < 1.29 is 0 Å². The minimum atomic E-state index is 0.890. The molecule has 3 aliphatic rings. The topological polar surface area (TPSA) is 29.0 Å². The molecule has 3 heteroatoms. The lowest BCUT2D eigenvalue weighted by atomic mass is 9.84. The van der Waals surface area contributed by atoms with Crippen LogP contribution in [0.2, 0.25) is 0 Å². The Morgan fingerprint density at radius 3 is 2.57 bits per heavy atom. The average Bonchev–Trinajstić information content (AvgIpc) is 3.11. The lowest BCUT2D eigenvalue weighted by Crippen LogP contribution is -2.26. The fraction of sp³-hybridized carbons (Fsp3) is 0.120. The molecule has 3 nitrogen and oxygen atoms in total. The van der Waals surface area contributed by atoms with Crippen molar-refractivity contribution in [1.29, 1.82) is 0 Å². The SMILES string of the molecule is c1ccc2c(c1)Cc1cc3c4c(c1-2)Cc1cccnc1N4c1cccnc1C3. The molecular formula is C25H17N3. The molecule has 0 fully saturated rings. The van der Waals surface area contributed by atoms with E-state index in [0.717, 1.165) is 30.8 Å². The summed E-state index contributed by atoms with van der Waals surface area (Å²) in [6.07, 6.45) is 6.66. The Hall–Kier alpha value is -3.46. The van der Waals surface area contributed by atoms with Crippen LogP contribution in [0.15, 0.2) is 67.0 Å². The fourth-order valence-corrected chi connectivity index (χ4v) is 5.29. The Kier molecular flexibility index (Phi) is 2.64. The smallest absolute Gasteiger partial charge is 0.141 e. The van der Waals surface area contributed by atoms with Crippen molar-refractivity contribution in [2.75, 3.05) is 4.90 Å². The zero-order valence-corrected chi connectivity index (χ0v) is 15.3. The van der Waals surface area contributed by atoms with Crippen LogP contribution in [-0.2, 0) is 19.3 Å². The highest BCUT2D eigenvalue weighted by molar-refractivity contribution is 5.94. The lowest BCUT2D eigenvalue weighted by molar-refractivity contribution is 0.948. The first-order chi connectivity index (χ1) is 13.9. The fourth-order valence-electron chi connectivity index (χ4n) is 5.29. The van der Waals surface area contributed by atoms with Crippen LogP contribution in [0.5, 0.6) is 0 Å². The monoisotopic (exact) mass is 359 g/mol. The van der Waals surface area contributed by atoms with Crippen LogP contribution in [0.4, 0.5) is 17.2 Å². The van der Waals surface area contributed by atoms with Gasteiger partial charge >= 0.3 is 0 Å². The maximum Gasteiger partial charge on any atom is 0.141 e. The van der Waals surface area contributed by atoms with Gasteiger partial charge in [0.05, 0.1) is 17.1 Å². The van der Waals surface area contributed by atoms with Crippen LogP contribution < -0.4 is 4.90 Å². The van der Waals surface area contributed by atoms with E-state index in [4.69, 9.17) is 9.97 Å². The van der Waals surface area contributed by atoms with Crippen molar-refractivity contribution in [2.24, 2.45) is 0 Å². The Morgan fingerprint density at radius 1 is 0.714 bits per heavy atom. The first-order valence-electron chi connectivity index (χ1n) is 9.82. The third-order valence-electron chi connectivity index (χ3n) is 6.36. The van der Waals surface area contributed by atoms with E-state index in [1.807, 2.05) is 18.5 Å². The first-order valence-corrected chi connectivity index (χ1v) is 9.82. The summed E-state index contributed by atoms with van der Waals surface area (Å²) in [5, 5.41) is 0. The number of fused-ring (bicyclic) bond motifs is 8. The maximum absolute atomic E-state index is 4.78.